The van der Waals surface area contributed by atoms with Crippen molar-refractivity contribution in [1.82, 2.24) is 20.7 Å². The van der Waals surface area contributed by atoms with Gasteiger partial charge < -0.3 is 10.2 Å². The monoisotopic (exact) mass is 526 g/mol. The van der Waals surface area contributed by atoms with Crippen LogP contribution in [0.3, 0.4) is 0 Å². The summed E-state index contributed by atoms with van der Waals surface area (Å²) in [4.78, 5) is 52.0. The zero-order chi connectivity index (χ0) is 26.4. The van der Waals surface area contributed by atoms with Crippen LogP contribution in [0.25, 0.3) is 6.08 Å². The number of carbonyl (C=O) groups is 4. The lowest BCUT2D eigenvalue weighted by Gasteiger charge is -2.32. The average Bonchev–Trinajstić information content (AvgIpc) is 3.15. The second-order valence-electron chi connectivity index (χ2n) is 9.93. The first kappa shape index (κ1) is 26.0. The van der Waals surface area contributed by atoms with Gasteiger partial charge in [0.2, 0.25) is 11.8 Å². The zero-order valence-corrected chi connectivity index (χ0v) is 20.4. The summed E-state index contributed by atoms with van der Waals surface area (Å²) >= 11 is 5.33. The van der Waals surface area contributed by atoms with Crippen LogP contribution in [0.5, 0.6) is 0 Å². The van der Waals surface area contributed by atoms with E-state index in [0.29, 0.717) is 24.0 Å². The number of halogens is 4. The summed E-state index contributed by atoms with van der Waals surface area (Å²) < 4.78 is 40.6. The Morgan fingerprint density at radius 1 is 1.28 bits per heavy atom. The highest BCUT2D eigenvalue weighted by molar-refractivity contribution is 6.29. The van der Waals surface area contributed by atoms with Gasteiger partial charge in [-0.1, -0.05) is 25.4 Å². The molecule has 4 rings (SSSR count). The van der Waals surface area contributed by atoms with Crippen LogP contribution in [0.4, 0.5) is 13.2 Å². The number of benzene rings is 1. The Kier molecular flexibility index (Phi) is 7.05. The SMILES string of the molecule is CC1(C)[C@@H]2[C@@H](C(=O)NN(C[C@@H]3CCNC3=O)C(=O)[C@H](F)Cl)N(C(=O)/C=C/c3cc(F)cc(F)c3)C[C@@H]21. The maximum absolute atomic E-state index is 13.7. The van der Waals surface area contributed by atoms with Gasteiger partial charge in [0.25, 0.3) is 17.4 Å². The molecule has 4 amide bonds. The van der Waals surface area contributed by atoms with E-state index < -0.39 is 46.9 Å². The number of fused-ring (bicyclic) bond motifs is 1. The van der Waals surface area contributed by atoms with Crippen molar-refractivity contribution in [3.63, 3.8) is 0 Å². The number of hydrogen-bond acceptors (Lipinski definition) is 4. The van der Waals surface area contributed by atoms with Crippen LogP contribution < -0.4 is 10.7 Å². The number of carbonyl (C=O) groups excluding carboxylic acids is 4. The molecule has 1 aromatic rings. The fraction of sp³-hybridized carbons (Fsp3) is 0.500. The maximum atomic E-state index is 13.7. The molecule has 3 aliphatic rings. The molecule has 3 fully saturated rings. The molecular formula is C24H26ClF3N4O4. The molecule has 194 valence electrons. The largest absolute Gasteiger partial charge is 0.356 e. The summed E-state index contributed by atoms with van der Waals surface area (Å²) in [5, 5.41) is 3.31. The van der Waals surface area contributed by atoms with E-state index in [1.807, 2.05) is 13.8 Å². The molecule has 0 bridgehead atoms. The Morgan fingerprint density at radius 2 is 1.94 bits per heavy atom. The average molecular weight is 527 g/mol. The van der Waals surface area contributed by atoms with E-state index >= 15 is 0 Å². The number of hydrogen-bond donors (Lipinski definition) is 2. The van der Waals surface area contributed by atoms with Gasteiger partial charge in [0.1, 0.15) is 17.7 Å². The van der Waals surface area contributed by atoms with Crippen molar-refractivity contribution in [2.24, 2.45) is 23.2 Å². The van der Waals surface area contributed by atoms with E-state index in [2.05, 4.69) is 10.7 Å². The number of amides is 4. The molecular weight excluding hydrogens is 501 g/mol. The number of nitrogens with zero attached hydrogens (tertiary/aromatic N) is 2. The third-order valence-electron chi connectivity index (χ3n) is 7.33. The molecule has 5 atom stereocenters. The van der Waals surface area contributed by atoms with E-state index in [0.717, 1.165) is 18.2 Å². The van der Waals surface area contributed by atoms with E-state index in [-0.39, 0.29) is 41.8 Å². The summed E-state index contributed by atoms with van der Waals surface area (Å²) in [6, 6.07) is 1.85. The van der Waals surface area contributed by atoms with Gasteiger partial charge in [-0.05, 0) is 47.4 Å². The summed E-state index contributed by atoms with van der Waals surface area (Å²) in [7, 11) is 0. The lowest BCUT2D eigenvalue weighted by molar-refractivity contribution is -0.148. The summed E-state index contributed by atoms with van der Waals surface area (Å²) in [6.45, 7) is 4.29. The Hall–Kier alpha value is -3.08. The lowest BCUT2D eigenvalue weighted by Crippen LogP contribution is -2.57. The molecule has 1 saturated carbocycles. The zero-order valence-electron chi connectivity index (χ0n) is 19.6. The highest BCUT2D eigenvalue weighted by Gasteiger charge is 2.69. The van der Waals surface area contributed by atoms with Gasteiger partial charge >= 0.3 is 0 Å². The Labute approximate surface area is 210 Å². The molecule has 0 spiro atoms. The first-order valence-corrected chi connectivity index (χ1v) is 12.0. The summed E-state index contributed by atoms with van der Waals surface area (Å²) in [6.07, 6.45) is 2.76. The first-order valence-electron chi connectivity index (χ1n) is 11.5. The highest BCUT2D eigenvalue weighted by atomic mass is 35.5. The van der Waals surface area contributed by atoms with Gasteiger partial charge in [-0.15, -0.1) is 0 Å². The van der Waals surface area contributed by atoms with Crippen molar-refractivity contribution in [2.75, 3.05) is 19.6 Å². The van der Waals surface area contributed by atoms with Crippen LogP contribution in [0.2, 0.25) is 0 Å². The molecule has 0 unspecified atom stereocenters. The van der Waals surface area contributed by atoms with E-state index in [4.69, 9.17) is 11.6 Å². The molecule has 2 aliphatic heterocycles. The van der Waals surface area contributed by atoms with E-state index in [1.54, 1.807) is 0 Å². The van der Waals surface area contributed by atoms with Gasteiger partial charge in [-0.3, -0.25) is 24.6 Å². The minimum Gasteiger partial charge on any atom is -0.356 e. The van der Waals surface area contributed by atoms with Crippen molar-refractivity contribution in [3.05, 3.63) is 41.5 Å². The minimum atomic E-state index is -2.43. The number of nitrogens with one attached hydrogen (secondary N) is 2. The van der Waals surface area contributed by atoms with E-state index in [9.17, 15) is 32.3 Å². The number of likely N-dealkylation sites (tertiary alicyclic amines) is 1. The van der Waals surface area contributed by atoms with Crippen LogP contribution in [0, 0.1) is 34.8 Å². The molecule has 1 aliphatic carbocycles. The number of piperidine rings is 1. The van der Waals surface area contributed by atoms with Gasteiger partial charge in [-0.2, -0.15) is 0 Å². The second kappa shape index (κ2) is 9.76. The molecule has 1 aromatic carbocycles. The standard InChI is InChI=1S/C24H26ClF3N4O4/c1-24(2)16-11-31(17(33)4-3-12-7-14(26)9-15(27)8-12)19(18(16)24)22(35)30-32(23(36)20(25)28)10-13-5-6-29-21(13)34/h3-4,7-9,13,16,18-20H,5-6,10-11H2,1-2H3,(H,29,34)(H,30,35)/b4-3+/t13-,16-,18-,19-,20-/m0/s1. The van der Waals surface area contributed by atoms with Crippen LogP contribution in [-0.4, -0.2) is 64.8 Å². The summed E-state index contributed by atoms with van der Waals surface area (Å²) in [5.41, 5.74) is -0.168. The predicted octanol–water partition coefficient (Wildman–Crippen LogP) is 1.99. The molecule has 12 heteroatoms. The third kappa shape index (κ3) is 5.07. The van der Waals surface area contributed by atoms with E-state index in [1.165, 1.54) is 11.0 Å². The molecule has 0 radical (unpaired) electrons. The molecule has 2 N–H and O–H groups in total. The van der Waals surface area contributed by atoms with Crippen molar-refractivity contribution >= 4 is 41.3 Å². The Morgan fingerprint density at radius 3 is 2.53 bits per heavy atom. The molecule has 8 nitrogen and oxygen atoms in total. The second-order valence-corrected chi connectivity index (χ2v) is 10.3. The quantitative estimate of drug-likeness (QED) is 0.336. The van der Waals surface area contributed by atoms with Crippen LogP contribution >= 0.6 is 11.6 Å². The maximum Gasteiger partial charge on any atom is 0.291 e. The van der Waals surface area contributed by atoms with Crippen LogP contribution in [0.1, 0.15) is 25.8 Å². The fourth-order valence-electron chi connectivity index (χ4n) is 5.30. The van der Waals surface area contributed by atoms with Crippen LogP contribution in [-0.2, 0) is 19.2 Å². The predicted molar refractivity (Wildman–Crippen MR) is 123 cm³/mol. The first-order chi connectivity index (χ1) is 16.9. The minimum absolute atomic E-state index is 0.0175. The van der Waals surface area contributed by atoms with Crippen molar-refractivity contribution < 1.29 is 32.3 Å². The Bertz CT molecular complexity index is 1110. The Balaban J connectivity index is 1.52. The molecule has 0 aromatic heterocycles. The van der Waals surface area contributed by atoms with Crippen molar-refractivity contribution in [3.8, 4) is 0 Å². The smallest absolute Gasteiger partial charge is 0.291 e. The van der Waals surface area contributed by atoms with Crippen molar-refractivity contribution in [2.45, 2.75) is 31.9 Å². The number of rotatable bonds is 6. The third-order valence-corrected chi connectivity index (χ3v) is 7.51. The fourth-order valence-corrected chi connectivity index (χ4v) is 5.41. The topological polar surface area (TPSA) is 98.8 Å². The van der Waals surface area contributed by atoms with Gasteiger partial charge in [0, 0.05) is 25.2 Å². The van der Waals surface area contributed by atoms with Crippen molar-refractivity contribution in [1.29, 1.82) is 0 Å². The normalized spacial score (nSPS) is 26.9. The van der Waals surface area contributed by atoms with Gasteiger partial charge in [-0.25, -0.2) is 18.2 Å². The van der Waals surface area contributed by atoms with Gasteiger partial charge in [0.15, 0.2) is 0 Å². The molecule has 36 heavy (non-hydrogen) atoms. The number of hydrazine groups is 1. The molecule has 2 saturated heterocycles. The lowest BCUT2D eigenvalue weighted by atomic mass is 10.0. The summed E-state index contributed by atoms with van der Waals surface area (Å²) in [5.74, 6) is -5.26. The van der Waals surface area contributed by atoms with Gasteiger partial charge in [0.05, 0.1) is 12.5 Å². The molecule has 2 heterocycles. The number of alkyl halides is 2. The van der Waals surface area contributed by atoms with Crippen LogP contribution in [0.15, 0.2) is 24.3 Å². The highest BCUT2D eigenvalue weighted by Crippen LogP contribution is 2.64.